The van der Waals surface area contributed by atoms with E-state index in [1.54, 1.807) is 15.9 Å². The molecule has 0 aliphatic heterocycles. The van der Waals surface area contributed by atoms with E-state index in [1.807, 2.05) is 20.8 Å². The van der Waals surface area contributed by atoms with Crippen LogP contribution in [0.25, 0.3) is 10.2 Å². The van der Waals surface area contributed by atoms with Crippen LogP contribution in [0.2, 0.25) is 0 Å². The minimum Gasteiger partial charge on any atom is -0.355 e. The van der Waals surface area contributed by atoms with Crippen LogP contribution in [-0.4, -0.2) is 27.8 Å². The average molecular weight is 406 g/mol. The van der Waals surface area contributed by atoms with Gasteiger partial charge in [-0.2, -0.15) is 0 Å². The van der Waals surface area contributed by atoms with Crippen LogP contribution >= 0.6 is 23.1 Å². The van der Waals surface area contributed by atoms with Crippen LogP contribution in [0.5, 0.6) is 0 Å². The first-order chi connectivity index (χ1) is 13.0. The molecule has 2 aromatic heterocycles. The fourth-order valence-electron chi connectivity index (χ4n) is 3.37. The Labute approximate surface area is 168 Å². The van der Waals surface area contributed by atoms with Crippen LogP contribution in [-0.2, 0) is 11.3 Å². The van der Waals surface area contributed by atoms with Crippen molar-refractivity contribution in [1.29, 1.82) is 0 Å². The minimum absolute atomic E-state index is 0.00325. The number of nitrogens with one attached hydrogen (secondary N) is 1. The molecule has 0 spiro atoms. The molecule has 1 aliphatic carbocycles. The third kappa shape index (κ3) is 4.63. The van der Waals surface area contributed by atoms with E-state index in [4.69, 9.17) is 0 Å². The Morgan fingerprint density at radius 1 is 1.37 bits per heavy atom. The number of amides is 1. The highest BCUT2D eigenvalue weighted by Crippen LogP contribution is 2.28. The summed E-state index contributed by atoms with van der Waals surface area (Å²) in [4.78, 5) is 31.6. The number of aromatic nitrogens is 2. The number of carbonyl (C=O) groups excluding carboxylic acids is 1. The van der Waals surface area contributed by atoms with Crippen LogP contribution in [0, 0.1) is 13.8 Å². The molecule has 0 fully saturated rings. The predicted molar refractivity (Wildman–Crippen MR) is 114 cm³/mol. The Morgan fingerprint density at radius 2 is 2.19 bits per heavy atom. The Balaban J connectivity index is 1.63. The van der Waals surface area contributed by atoms with Crippen LogP contribution in [0.1, 0.15) is 49.5 Å². The van der Waals surface area contributed by atoms with Crippen LogP contribution in [0.3, 0.4) is 0 Å². The molecular weight excluding hydrogens is 378 g/mol. The van der Waals surface area contributed by atoms with Gasteiger partial charge in [-0.3, -0.25) is 14.2 Å². The second-order valence-corrected chi connectivity index (χ2v) is 9.05. The fraction of sp³-hybridized carbons (Fsp3) is 0.550. The van der Waals surface area contributed by atoms with Gasteiger partial charge < -0.3 is 5.32 Å². The molecule has 5 nitrogen and oxygen atoms in total. The van der Waals surface area contributed by atoms with E-state index in [9.17, 15) is 9.59 Å². The third-order valence-electron chi connectivity index (χ3n) is 5.06. The standard InChI is InChI=1S/C20H27N3O2S2/c1-4-23-19(25)17-13(2)14(3)27-18(17)22-20(23)26-12-16(24)21-11-10-15-8-6-5-7-9-15/h8H,4-7,9-12H2,1-3H3,(H,21,24). The van der Waals surface area contributed by atoms with Crippen LogP contribution < -0.4 is 10.9 Å². The Bertz CT molecular complexity index is 927. The first kappa shape index (κ1) is 20.1. The Morgan fingerprint density at radius 3 is 2.89 bits per heavy atom. The number of rotatable bonds is 7. The summed E-state index contributed by atoms with van der Waals surface area (Å²) in [5, 5.41) is 4.33. The molecule has 1 N–H and O–H groups in total. The van der Waals surface area contributed by atoms with Crippen molar-refractivity contribution in [3.05, 3.63) is 32.4 Å². The molecule has 0 atom stereocenters. The molecule has 0 unspecified atom stereocenters. The highest BCUT2D eigenvalue weighted by molar-refractivity contribution is 7.99. The second-order valence-electron chi connectivity index (χ2n) is 6.90. The van der Waals surface area contributed by atoms with Gasteiger partial charge in [0, 0.05) is 18.0 Å². The first-order valence-electron chi connectivity index (χ1n) is 9.59. The van der Waals surface area contributed by atoms with Crippen molar-refractivity contribution in [3.8, 4) is 0 Å². The van der Waals surface area contributed by atoms with Gasteiger partial charge in [-0.05, 0) is 58.4 Å². The molecule has 0 bridgehead atoms. The summed E-state index contributed by atoms with van der Waals surface area (Å²) in [5.74, 6) is 0.271. The number of hydrogen-bond donors (Lipinski definition) is 1. The summed E-state index contributed by atoms with van der Waals surface area (Å²) < 4.78 is 1.67. The number of thioether (sulfide) groups is 1. The van der Waals surface area contributed by atoms with Crippen molar-refractivity contribution >= 4 is 39.2 Å². The van der Waals surface area contributed by atoms with Crippen LogP contribution in [0.4, 0.5) is 0 Å². The topological polar surface area (TPSA) is 64.0 Å². The van der Waals surface area contributed by atoms with Crippen molar-refractivity contribution in [2.24, 2.45) is 0 Å². The smallest absolute Gasteiger partial charge is 0.263 e. The highest BCUT2D eigenvalue weighted by Gasteiger charge is 2.16. The quantitative estimate of drug-likeness (QED) is 0.426. The molecule has 0 saturated carbocycles. The SMILES string of the molecule is CCn1c(SCC(=O)NCCC2=CCCCC2)nc2sc(C)c(C)c2c1=O. The molecule has 0 aromatic carbocycles. The molecule has 1 amide bonds. The summed E-state index contributed by atoms with van der Waals surface area (Å²) >= 11 is 2.89. The molecule has 3 rings (SSSR count). The largest absolute Gasteiger partial charge is 0.355 e. The van der Waals surface area contributed by atoms with E-state index in [1.165, 1.54) is 36.6 Å². The lowest BCUT2D eigenvalue weighted by Crippen LogP contribution is -2.27. The highest BCUT2D eigenvalue weighted by atomic mass is 32.2. The van der Waals surface area contributed by atoms with E-state index >= 15 is 0 Å². The number of thiophene rings is 1. The number of fused-ring (bicyclic) bond motifs is 1. The van der Waals surface area contributed by atoms with Crippen molar-refractivity contribution < 1.29 is 4.79 Å². The lowest BCUT2D eigenvalue weighted by atomic mass is 9.97. The lowest BCUT2D eigenvalue weighted by Gasteiger charge is -2.13. The minimum atomic E-state index is -0.00745. The molecule has 27 heavy (non-hydrogen) atoms. The van der Waals surface area contributed by atoms with E-state index in [-0.39, 0.29) is 17.2 Å². The van der Waals surface area contributed by atoms with Gasteiger partial charge in [0.05, 0.1) is 11.1 Å². The van der Waals surface area contributed by atoms with Gasteiger partial charge in [0.25, 0.3) is 5.56 Å². The van der Waals surface area contributed by atoms with Gasteiger partial charge in [0.1, 0.15) is 4.83 Å². The molecule has 0 radical (unpaired) electrons. The number of allylic oxidation sites excluding steroid dienone is 1. The summed E-state index contributed by atoms with van der Waals surface area (Å²) in [6, 6.07) is 0. The van der Waals surface area contributed by atoms with Crippen LogP contribution in [0.15, 0.2) is 21.6 Å². The molecule has 1 aliphatic rings. The molecule has 2 heterocycles. The van der Waals surface area contributed by atoms with Crippen molar-refractivity contribution in [3.63, 3.8) is 0 Å². The Hall–Kier alpha value is -1.60. The summed E-state index contributed by atoms with van der Waals surface area (Å²) in [5.41, 5.74) is 2.47. The zero-order chi connectivity index (χ0) is 19.4. The van der Waals surface area contributed by atoms with Gasteiger partial charge in [-0.15, -0.1) is 11.3 Å². The van der Waals surface area contributed by atoms with E-state index in [0.717, 1.165) is 28.1 Å². The maximum atomic E-state index is 12.8. The van der Waals surface area contributed by atoms with Gasteiger partial charge in [-0.1, -0.05) is 23.4 Å². The Kier molecular flexibility index (Phi) is 6.76. The monoisotopic (exact) mass is 405 g/mol. The van der Waals surface area contributed by atoms with Crippen molar-refractivity contribution in [2.45, 2.75) is 64.6 Å². The third-order valence-corrected chi connectivity index (χ3v) is 7.13. The number of nitrogens with zero attached hydrogens (tertiary/aromatic N) is 2. The van der Waals surface area contributed by atoms with Gasteiger partial charge in [0.15, 0.2) is 5.16 Å². The summed E-state index contributed by atoms with van der Waals surface area (Å²) in [6.45, 7) is 7.15. The maximum Gasteiger partial charge on any atom is 0.263 e. The van der Waals surface area contributed by atoms with E-state index < -0.39 is 0 Å². The second kappa shape index (κ2) is 9.06. The van der Waals surface area contributed by atoms with Gasteiger partial charge in [0.2, 0.25) is 5.91 Å². The predicted octanol–water partition coefficient (Wildman–Crippen LogP) is 4.19. The average Bonchev–Trinajstić information content (AvgIpc) is 2.95. The van der Waals surface area contributed by atoms with E-state index in [0.29, 0.717) is 23.6 Å². The van der Waals surface area contributed by atoms with Crippen molar-refractivity contribution in [2.75, 3.05) is 12.3 Å². The molecule has 146 valence electrons. The first-order valence-corrected chi connectivity index (χ1v) is 11.4. The zero-order valence-electron chi connectivity index (χ0n) is 16.3. The molecular formula is C20H27N3O2S2. The summed E-state index contributed by atoms with van der Waals surface area (Å²) in [7, 11) is 0. The fourth-order valence-corrected chi connectivity index (χ4v) is 5.34. The van der Waals surface area contributed by atoms with Gasteiger partial charge >= 0.3 is 0 Å². The lowest BCUT2D eigenvalue weighted by molar-refractivity contribution is -0.118. The number of aryl methyl sites for hydroxylation is 2. The molecule has 7 heteroatoms. The molecule has 2 aromatic rings. The van der Waals surface area contributed by atoms with Crippen molar-refractivity contribution in [1.82, 2.24) is 14.9 Å². The van der Waals surface area contributed by atoms with E-state index in [2.05, 4.69) is 16.4 Å². The normalized spacial score (nSPS) is 14.4. The number of carbonyl (C=O) groups is 1. The zero-order valence-corrected chi connectivity index (χ0v) is 17.9. The molecule has 0 saturated heterocycles. The summed E-state index contributed by atoms with van der Waals surface area (Å²) in [6.07, 6.45) is 8.13. The maximum absolute atomic E-state index is 12.8. The number of hydrogen-bond acceptors (Lipinski definition) is 5. The van der Waals surface area contributed by atoms with Gasteiger partial charge in [-0.25, -0.2) is 4.98 Å².